The smallest absolute Gasteiger partial charge is 0.236 e. The SMILES string of the molecule is O=S(=O)(Cc1ccccc1)Nc1cc(Sc2nc[nH]n2)c(O)c2ccccc12. The van der Waals surface area contributed by atoms with E-state index in [1.807, 2.05) is 6.07 Å². The van der Waals surface area contributed by atoms with E-state index in [-0.39, 0.29) is 11.5 Å². The van der Waals surface area contributed by atoms with Crippen molar-refractivity contribution in [3.05, 3.63) is 72.6 Å². The lowest BCUT2D eigenvalue weighted by Crippen LogP contribution is -2.15. The zero-order valence-corrected chi connectivity index (χ0v) is 16.2. The Hall–Kier alpha value is -3.04. The zero-order chi connectivity index (χ0) is 19.6. The van der Waals surface area contributed by atoms with Gasteiger partial charge in [0.1, 0.15) is 12.1 Å². The van der Waals surface area contributed by atoms with E-state index >= 15 is 0 Å². The molecule has 0 spiro atoms. The van der Waals surface area contributed by atoms with E-state index < -0.39 is 10.0 Å². The minimum atomic E-state index is -3.65. The molecule has 9 heteroatoms. The quantitative estimate of drug-likeness (QED) is 0.416. The number of fused-ring (bicyclic) bond motifs is 1. The van der Waals surface area contributed by atoms with Crippen LogP contribution in [0.3, 0.4) is 0 Å². The molecule has 0 aliphatic rings. The van der Waals surface area contributed by atoms with Crippen LogP contribution in [0.1, 0.15) is 5.56 Å². The molecule has 28 heavy (non-hydrogen) atoms. The minimum Gasteiger partial charge on any atom is -0.506 e. The summed E-state index contributed by atoms with van der Waals surface area (Å²) in [5.74, 6) is -0.0942. The van der Waals surface area contributed by atoms with Gasteiger partial charge in [0.15, 0.2) is 0 Å². The third-order valence-corrected chi connectivity index (χ3v) is 6.19. The highest BCUT2D eigenvalue weighted by molar-refractivity contribution is 7.99. The summed E-state index contributed by atoms with van der Waals surface area (Å²) < 4.78 is 28.1. The molecule has 0 unspecified atom stereocenters. The number of nitrogens with one attached hydrogen (secondary N) is 2. The van der Waals surface area contributed by atoms with Gasteiger partial charge in [-0.05, 0) is 23.4 Å². The maximum atomic E-state index is 12.7. The molecule has 0 saturated carbocycles. The van der Waals surface area contributed by atoms with Crippen molar-refractivity contribution in [3.63, 3.8) is 0 Å². The van der Waals surface area contributed by atoms with E-state index in [0.29, 0.717) is 32.1 Å². The van der Waals surface area contributed by atoms with Gasteiger partial charge < -0.3 is 5.11 Å². The Balaban J connectivity index is 1.74. The second-order valence-corrected chi connectivity index (χ2v) is 8.78. The lowest BCUT2D eigenvalue weighted by atomic mass is 10.1. The Morgan fingerprint density at radius 2 is 1.75 bits per heavy atom. The largest absolute Gasteiger partial charge is 0.506 e. The van der Waals surface area contributed by atoms with E-state index in [1.165, 1.54) is 6.33 Å². The van der Waals surface area contributed by atoms with Gasteiger partial charge in [0.25, 0.3) is 0 Å². The van der Waals surface area contributed by atoms with Crippen molar-refractivity contribution in [2.45, 2.75) is 15.8 Å². The van der Waals surface area contributed by atoms with Crippen molar-refractivity contribution in [1.29, 1.82) is 0 Å². The van der Waals surface area contributed by atoms with Gasteiger partial charge in [-0.25, -0.2) is 13.4 Å². The summed E-state index contributed by atoms with van der Waals surface area (Å²) in [4.78, 5) is 4.49. The molecule has 1 aromatic heterocycles. The van der Waals surface area contributed by atoms with Crippen molar-refractivity contribution in [3.8, 4) is 5.75 Å². The fourth-order valence-corrected chi connectivity index (χ4v) is 4.83. The Labute approximate surface area is 165 Å². The molecule has 0 amide bonds. The molecule has 0 saturated heterocycles. The number of nitrogens with zero attached hydrogens (tertiary/aromatic N) is 2. The number of benzene rings is 3. The summed E-state index contributed by atoms with van der Waals surface area (Å²) in [5.41, 5.74) is 1.08. The number of phenols is 1. The fraction of sp³-hybridized carbons (Fsp3) is 0.0526. The Morgan fingerprint density at radius 3 is 2.46 bits per heavy atom. The van der Waals surface area contributed by atoms with Gasteiger partial charge in [-0.2, -0.15) is 0 Å². The summed E-state index contributed by atoms with van der Waals surface area (Å²) in [6.45, 7) is 0. The predicted molar refractivity (Wildman–Crippen MR) is 109 cm³/mol. The molecule has 7 nitrogen and oxygen atoms in total. The first-order valence-electron chi connectivity index (χ1n) is 8.34. The highest BCUT2D eigenvalue weighted by Crippen LogP contribution is 2.41. The molecule has 0 bridgehead atoms. The minimum absolute atomic E-state index is 0.0522. The topological polar surface area (TPSA) is 108 Å². The van der Waals surface area contributed by atoms with E-state index in [4.69, 9.17) is 0 Å². The molecule has 4 aromatic rings. The van der Waals surface area contributed by atoms with Crippen LogP contribution in [0.4, 0.5) is 5.69 Å². The summed E-state index contributed by atoms with van der Waals surface area (Å²) >= 11 is 1.14. The van der Waals surface area contributed by atoms with E-state index in [1.54, 1.807) is 54.6 Å². The van der Waals surface area contributed by atoms with Crippen LogP contribution in [0.2, 0.25) is 0 Å². The van der Waals surface area contributed by atoms with Crippen molar-refractivity contribution in [2.75, 3.05) is 4.72 Å². The highest BCUT2D eigenvalue weighted by Gasteiger charge is 2.18. The molecule has 0 aliphatic carbocycles. The van der Waals surface area contributed by atoms with Gasteiger partial charge in [0, 0.05) is 10.8 Å². The molecular weight excluding hydrogens is 396 g/mol. The third-order valence-electron chi connectivity index (χ3n) is 4.04. The van der Waals surface area contributed by atoms with Crippen molar-refractivity contribution in [2.24, 2.45) is 0 Å². The van der Waals surface area contributed by atoms with Gasteiger partial charge >= 0.3 is 0 Å². The summed E-state index contributed by atoms with van der Waals surface area (Å²) in [6.07, 6.45) is 1.43. The number of aromatic nitrogens is 3. The van der Waals surface area contributed by atoms with Crippen LogP contribution in [0, 0.1) is 0 Å². The summed E-state index contributed by atoms with van der Waals surface area (Å²) in [5, 5.41) is 18.8. The van der Waals surface area contributed by atoms with E-state index in [2.05, 4.69) is 19.9 Å². The number of aromatic amines is 1. The Bertz CT molecular complexity index is 1210. The van der Waals surface area contributed by atoms with Crippen LogP contribution in [-0.4, -0.2) is 28.7 Å². The maximum Gasteiger partial charge on any atom is 0.236 e. The Kier molecular flexibility index (Phi) is 4.93. The third kappa shape index (κ3) is 3.95. The maximum absolute atomic E-state index is 12.7. The molecule has 1 heterocycles. The van der Waals surface area contributed by atoms with E-state index in [0.717, 1.165) is 11.8 Å². The van der Waals surface area contributed by atoms with Gasteiger partial charge in [-0.15, -0.1) is 5.10 Å². The van der Waals surface area contributed by atoms with Crippen LogP contribution in [0.5, 0.6) is 5.75 Å². The van der Waals surface area contributed by atoms with Crippen LogP contribution in [-0.2, 0) is 15.8 Å². The zero-order valence-electron chi connectivity index (χ0n) is 14.5. The number of hydrogen-bond acceptors (Lipinski definition) is 6. The van der Waals surface area contributed by atoms with Gasteiger partial charge in [-0.1, -0.05) is 54.6 Å². The van der Waals surface area contributed by atoms with E-state index in [9.17, 15) is 13.5 Å². The van der Waals surface area contributed by atoms with Gasteiger partial charge in [-0.3, -0.25) is 9.82 Å². The number of sulfonamides is 1. The normalized spacial score (nSPS) is 11.6. The van der Waals surface area contributed by atoms with Crippen molar-refractivity contribution < 1.29 is 13.5 Å². The lowest BCUT2D eigenvalue weighted by molar-refractivity contribution is 0.469. The molecule has 0 radical (unpaired) electrons. The van der Waals surface area contributed by atoms with Crippen molar-refractivity contribution in [1.82, 2.24) is 15.2 Å². The predicted octanol–water partition coefficient (Wildman–Crippen LogP) is 3.76. The summed E-state index contributed by atoms with van der Waals surface area (Å²) in [6, 6.07) is 17.6. The molecule has 0 aliphatic heterocycles. The Morgan fingerprint density at radius 1 is 1.04 bits per heavy atom. The molecular formula is C19H16N4O3S2. The van der Waals surface area contributed by atoms with Crippen LogP contribution in [0.25, 0.3) is 10.8 Å². The molecule has 3 aromatic carbocycles. The number of phenolic OH excluding ortho intramolecular Hbond substituents is 1. The van der Waals surface area contributed by atoms with Crippen LogP contribution < -0.4 is 4.72 Å². The monoisotopic (exact) mass is 412 g/mol. The standard InChI is InChI=1S/C19H16N4O3S2/c24-18-15-9-5-4-8-14(15)16(10-17(18)27-19-20-12-21-22-19)23-28(25,26)11-13-6-2-1-3-7-13/h1-10,12,23-24H,11H2,(H,20,21,22). The highest BCUT2D eigenvalue weighted by atomic mass is 32.2. The molecule has 0 atom stereocenters. The average molecular weight is 412 g/mol. The average Bonchev–Trinajstić information content (AvgIpc) is 3.19. The fourth-order valence-electron chi connectivity index (χ4n) is 2.84. The molecule has 4 rings (SSSR count). The first-order valence-corrected chi connectivity index (χ1v) is 10.8. The summed E-state index contributed by atoms with van der Waals surface area (Å²) in [7, 11) is -3.65. The first-order chi connectivity index (χ1) is 13.5. The second-order valence-electron chi connectivity index (χ2n) is 6.05. The van der Waals surface area contributed by atoms with Gasteiger partial charge in [0.05, 0.1) is 16.3 Å². The number of anilines is 1. The number of aromatic hydroxyl groups is 1. The number of hydrogen-bond donors (Lipinski definition) is 3. The second kappa shape index (κ2) is 7.53. The molecule has 0 fully saturated rings. The van der Waals surface area contributed by atoms with Crippen LogP contribution in [0.15, 0.2) is 77.0 Å². The number of rotatable bonds is 6. The van der Waals surface area contributed by atoms with Crippen molar-refractivity contribution >= 4 is 38.2 Å². The number of H-pyrrole nitrogens is 1. The molecule has 142 valence electrons. The first kappa shape index (κ1) is 18.3. The molecule has 3 N–H and O–H groups in total. The van der Waals surface area contributed by atoms with Crippen LogP contribution >= 0.6 is 11.8 Å². The lowest BCUT2D eigenvalue weighted by Gasteiger charge is -2.14. The van der Waals surface area contributed by atoms with Gasteiger partial charge in [0.2, 0.25) is 15.2 Å².